The van der Waals surface area contributed by atoms with Gasteiger partial charge in [0.15, 0.2) is 5.65 Å². The van der Waals surface area contributed by atoms with Gasteiger partial charge in [0, 0.05) is 45.0 Å². The molecule has 1 fully saturated rings. The Labute approximate surface area is 159 Å². The fourth-order valence-electron chi connectivity index (χ4n) is 3.38. The Morgan fingerprint density at radius 3 is 3.00 bits per heavy atom. The SMILES string of the molecule is C=CCN1CCC(Nc2cnc3[nH]cc(C(=O)N[C@@H](C)COC)c3n2)CC1. The van der Waals surface area contributed by atoms with E-state index >= 15 is 0 Å². The van der Waals surface area contributed by atoms with Crippen LogP contribution in [-0.2, 0) is 4.74 Å². The summed E-state index contributed by atoms with van der Waals surface area (Å²) in [5.41, 5.74) is 1.67. The molecule has 0 bridgehead atoms. The number of ether oxygens (including phenoxy) is 1. The lowest BCUT2D eigenvalue weighted by Gasteiger charge is -2.31. The third kappa shape index (κ3) is 4.84. The first-order valence-electron chi connectivity index (χ1n) is 9.34. The Balaban J connectivity index is 1.68. The number of aromatic nitrogens is 3. The number of nitrogens with zero attached hydrogens (tertiary/aromatic N) is 3. The van der Waals surface area contributed by atoms with Crippen LogP contribution in [0.2, 0.25) is 0 Å². The van der Waals surface area contributed by atoms with Gasteiger partial charge in [0.25, 0.3) is 5.91 Å². The van der Waals surface area contributed by atoms with E-state index in [-0.39, 0.29) is 11.9 Å². The van der Waals surface area contributed by atoms with E-state index in [2.05, 4.69) is 37.1 Å². The summed E-state index contributed by atoms with van der Waals surface area (Å²) in [6, 6.07) is 0.276. The van der Waals surface area contributed by atoms with Gasteiger partial charge in [0.1, 0.15) is 11.3 Å². The molecule has 2 aromatic rings. The van der Waals surface area contributed by atoms with Crippen molar-refractivity contribution in [1.82, 2.24) is 25.2 Å². The van der Waals surface area contributed by atoms with Crippen LogP contribution in [0.5, 0.6) is 0 Å². The van der Waals surface area contributed by atoms with E-state index < -0.39 is 0 Å². The summed E-state index contributed by atoms with van der Waals surface area (Å²) in [6.45, 7) is 9.15. The molecule has 8 heteroatoms. The molecule has 2 aromatic heterocycles. The number of H-pyrrole nitrogens is 1. The first-order chi connectivity index (χ1) is 13.1. The Bertz CT molecular complexity index is 782. The third-order valence-electron chi connectivity index (χ3n) is 4.75. The van der Waals surface area contributed by atoms with Gasteiger partial charge in [0.05, 0.1) is 18.4 Å². The molecule has 0 radical (unpaired) electrons. The maximum absolute atomic E-state index is 12.5. The van der Waals surface area contributed by atoms with Crippen molar-refractivity contribution in [3.8, 4) is 0 Å². The largest absolute Gasteiger partial charge is 0.383 e. The first kappa shape index (κ1) is 19.3. The molecule has 8 nitrogen and oxygen atoms in total. The van der Waals surface area contributed by atoms with Gasteiger partial charge in [-0.2, -0.15) is 0 Å². The minimum absolute atomic E-state index is 0.0810. The van der Waals surface area contributed by atoms with E-state index in [0.717, 1.165) is 32.5 Å². The highest BCUT2D eigenvalue weighted by molar-refractivity contribution is 6.04. The molecule has 3 heterocycles. The number of likely N-dealkylation sites (tertiary alicyclic amines) is 1. The predicted octanol–water partition coefficient (Wildman–Crippen LogP) is 1.78. The second kappa shape index (κ2) is 8.96. The average Bonchev–Trinajstić information content (AvgIpc) is 3.07. The molecule has 0 spiro atoms. The monoisotopic (exact) mass is 372 g/mol. The van der Waals surface area contributed by atoms with Gasteiger partial charge in [-0.25, -0.2) is 9.97 Å². The standard InChI is InChI=1S/C19H28N6O2/c1-4-7-25-8-5-14(6-9-25)23-16-11-21-18-17(24-16)15(10-20-18)19(26)22-13(2)12-27-3/h4,10-11,13-14H,1,5-9,12H2,2-3H3,(H,20,21)(H,22,26)(H,23,24)/t13-/m0/s1. The van der Waals surface area contributed by atoms with Crippen molar-refractivity contribution in [2.45, 2.75) is 31.8 Å². The van der Waals surface area contributed by atoms with E-state index in [1.807, 2.05) is 13.0 Å². The number of nitrogens with one attached hydrogen (secondary N) is 3. The Kier molecular flexibility index (Phi) is 6.41. The summed E-state index contributed by atoms with van der Waals surface area (Å²) in [5.74, 6) is 0.512. The van der Waals surface area contributed by atoms with Crippen LogP contribution in [0.15, 0.2) is 25.0 Å². The maximum atomic E-state index is 12.5. The lowest BCUT2D eigenvalue weighted by molar-refractivity contribution is 0.0907. The molecule has 0 aromatic carbocycles. The van der Waals surface area contributed by atoms with E-state index in [0.29, 0.717) is 35.2 Å². The van der Waals surface area contributed by atoms with Crippen molar-refractivity contribution in [1.29, 1.82) is 0 Å². The smallest absolute Gasteiger partial charge is 0.255 e. The zero-order valence-corrected chi connectivity index (χ0v) is 16.0. The summed E-state index contributed by atoms with van der Waals surface area (Å²) in [5, 5.41) is 6.37. The Morgan fingerprint density at radius 1 is 1.52 bits per heavy atom. The number of methoxy groups -OCH3 is 1. The van der Waals surface area contributed by atoms with Gasteiger partial charge in [0.2, 0.25) is 0 Å². The number of rotatable bonds is 8. The molecule has 0 saturated carbocycles. The van der Waals surface area contributed by atoms with Gasteiger partial charge in [-0.05, 0) is 19.8 Å². The molecule has 3 N–H and O–H groups in total. The van der Waals surface area contributed by atoms with Crippen molar-refractivity contribution in [2.24, 2.45) is 0 Å². The molecule has 1 saturated heterocycles. The Hall–Kier alpha value is -2.45. The molecule has 1 atom stereocenters. The third-order valence-corrected chi connectivity index (χ3v) is 4.75. The van der Waals surface area contributed by atoms with E-state index in [1.165, 1.54) is 0 Å². The molecule has 1 aliphatic rings. The number of anilines is 1. The van der Waals surface area contributed by atoms with E-state index in [9.17, 15) is 4.79 Å². The van der Waals surface area contributed by atoms with Gasteiger partial charge in [-0.1, -0.05) is 6.08 Å². The van der Waals surface area contributed by atoms with Crippen LogP contribution in [-0.4, -0.2) is 71.2 Å². The second-order valence-corrected chi connectivity index (χ2v) is 6.99. The van der Waals surface area contributed by atoms with Crippen LogP contribution < -0.4 is 10.6 Å². The predicted molar refractivity (Wildman–Crippen MR) is 106 cm³/mol. The Morgan fingerprint density at radius 2 is 2.30 bits per heavy atom. The van der Waals surface area contributed by atoms with Crippen LogP contribution in [0, 0.1) is 0 Å². The summed E-state index contributed by atoms with van der Waals surface area (Å²) >= 11 is 0. The number of amides is 1. The summed E-state index contributed by atoms with van der Waals surface area (Å²) < 4.78 is 5.07. The highest BCUT2D eigenvalue weighted by atomic mass is 16.5. The number of hydrogen-bond donors (Lipinski definition) is 3. The molecule has 3 rings (SSSR count). The molecule has 146 valence electrons. The van der Waals surface area contributed by atoms with Crippen LogP contribution in [0.1, 0.15) is 30.1 Å². The molecule has 0 unspecified atom stereocenters. The molecule has 27 heavy (non-hydrogen) atoms. The summed E-state index contributed by atoms with van der Waals surface area (Å²) in [4.78, 5) is 26.9. The van der Waals surface area contributed by atoms with Crippen molar-refractivity contribution in [2.75, 3.05) is 38.7 Å². The van der Waals surface area contributed by atoms with Crippen LogP contribution in [0.25, 0.3) is 11.2 Å². The van der Waals surface area contributed by atoms with Crippen LogP contribution in [0.3, 0.4) is 0 Å². The van der Waals surface area contributed by atoms with Crippen LogP contribution >= 0.6 is 0 Å². The van der Waals surface area contributed by atoms with Gasteiger partial charge in [-0.15, -0.1) is 6.58 Å². The number of hydrogen-bond acceptors (Lipinski definition) is 6. The second-order valence-electron chi connectivity index (χ2n) is 6.99. The number of fused-ring (bicyclic) bond motifs is 1. The van der Waals surface area contributed by atoms with Crippen molar-refractivity contribution in [3.05, 3.63) is 30.6 Å². The highest BCUT2D eigenvalue weighted by Crippen LogP contribution is 2.19. The van der Waals surface area contributed by atoms with Gasteiger partial charge < -0.3 is 20.4 Å². The normalized spacial score (nSPS) is 17.0. The number of carbonyl (C=O) groups excluding carboxylic acids is 1. The number of aromatic amines is 1. The summed E-state index contributed by atoms with van der Waals surface area (Å²) in [6.07, 6.45) is 7.39. The number of carbonyl (C=O) groups is 1. The fraction of sp³-hybridized carbons (Fsp3) is 0.526. The quantitative estimate of drug-likeness (QED) is 0.612. The number of piperidine rings is 1. The highest BCUT2D eigenvalue weighted by Gasteiger charge is 2.20. The lowest BCUT2D eigenvalue weighted by atomic mass is 10.1. The fourth-order valence-corrected chi connectivity index (χ4v) is 3.38. The van der Waals surface area contributed by atoms with Crippen molar-refractivity contribution >= 4 is 22.9 Å². The molecular weight excluding hydrogens is 344 g/mol. The van der Waals surface area contributed by atoms with Gasteiger partial charge in [-0.3, -0.25) is 9.69 Å². The first-order valence-corrected chi connectivity index (χ1v) is 9.34. The zero-order valence-electron chi connectivity index (χ0n) is 16.0. The molecule has 1 aliphatic heterocycles. The van der Waals surface area contributed by atoms with Crippen molar-refractivity contribution < 1.29 is 9.53 Å². The molecule has 0 aliphatic carbocycles. The van der Waals surface area contributed by atoms with Crippen molar-refractivity contribution in [3.63, 3.8) is 0 Å². The minimum atomic E-state index is -0.185. The molecule has 1 amide bonds. The topological polar surface area (TPSA) is 95.2 Å². The minimum Gasteiger partial charge on any atom is -0.383 e. The lowest BCUT2D eigenvalue weighted by Crippen LogP contribution is -2.39. The summed E-state index contributed by atoms with van der Waals surface area (Å²) in [7, 11) is 1.61. The van der Waals surface area contributed by atoms with Crippen LogP contribution in [0.4, 0.5) is 5.82 Å². The van der Waals surface area contributed by atoms with Gasteiger partial charge >= 0.3 is 0 Å². The van der Waals surface area contributed by atoms with E-state index in [4.69, 9.17) is 4.74 Å². The zero-order chi connectivity index (χ0) is 19.2. The average molecular weight is 372 g/mol. The maximum Gasteiger partial charge on any atom is 0.255 e. The molecular formula is C19H28N6O2. The van der Waals surface area contributed by atoms with E-state index in [1.54, 1.807) is 19.5 Å².